The molecule has 0 saturated heterocycles. The normalized spacial score (nSPS) is 12.2. The zero-order valence-electron chi connectivity index (χ0n) is 16.2. The fraction of sp³-hybridized carbons (Fsp3) is 0.632. The van der Waals surface area contributed by atoms with Crippen molar-refractivity contribution in [2.75, 3.05) is 39.6 Å². The van der Waals surface area contributed by atoms with Crippen molar-refractivity contribution in [3.8, 4) is 5.75 Å². The largest absolute Gasteiger partial charge is 0.491 e. The highest BCUT2D eigenvalue weighted by atomic mass is 28.4. The molecule has 0 unspecified atom stereocenters. The van der Waals surface area contributed by atoms with Crippen LogP contribution in [0.3, 0.4) is 0 Å². The Morgan fingerprint density at radius 2 is 1.40 bits per heavy atom. The van der Waals surface area contributed by atoms with Crippen LogP contribution < -0.4 is 4.74 Å². The van der Waals surface area contributed by atoms with E-state index in [0.717, 1.165) is 12.0 Å². The van der Waals surface area contributed by atoms with Gasteiger partial charge in [-0.25, -0.2) is 0 Å². The van der Waals surface area contributed by atoms with Crippen LogP contribution in [0, 0.1) is 0 Å². The van der Waals surface area contributed by atoms with Crippen molar-refractivity contribution in [1.82, 2.24) is 0 Å². The van der Waals surface area contributed by atoms with Gasteiger partial charge in [0.25, 0.3) is 0 Å². The molecule has 0 aliphatic rings. The first-order valence-corrected chi connectivity index (χ1v) is 11.6. The Labute approximate surface area is 152 Å². The van der Waals surface area contributed by atoms with Crippen LogP contribution in [0.5, 0.6) is 5.75 Å². The van der Waals surface area contributed by atoms with E-state index in [0.29, 0.717) is 45.2 Å². The summed E-state index contributed by atoms with van der Waals surface area (Å²) < 4.78 is 22.6. The summed E-state index contributed by atoms with van der Waals surface area (Å²) in [6.45, 7) is 14.4. The van der Waals surface area contributed by atoms with Crippen LogP contribution in [0.25, 0.3) is 0 Å². The molecule has 0 saturated carbocycles. The molecule has 0 fully saturated rings. The van der Waals surface area contributed by atoms with Crippen molar-refractivity contribution >= 4 is 14.6 Å². The average molecular weight is 369 g/mol. The maximum atomic E-state index is 10.6. The SMILES string of the molecule is CC(C)(C)[Si](C)(C)OCCOCCOCCOc1ccc(C=O)cc1. The van der Waals surface area contributed by atoms with Gasteiger partial charge in [-0.2, -0.15) is 0 Å². The summed E-state index contributed by atoms with van der Waals surface area (Å²) in [6.07, 6.45) is 0.810. The number of aldehydes is 1. The Morgan fingerprint density at radius 3 is 1.92 bits per heavy atom. The number of rotatable bonds is 12. The van der Waals surface area contributed by atoms with Gasteiger partial charge in [-0.1, -0.05) is 20.8 Å². The topological polar surface area (TPSA) is 54.0 Å². The second-order valence-corrected chi connectivity index (χ2v) is 12.2. The smallest absolute Gasteiger partial charge is 0.192 e. The van der Waals surface area contributed by atoms with E-state index >= 15 is 0 Å². The van der Waals surface area contributed by atoms with Crippen molar-refractivity contribution in [1.29, 1.82) is 0 Å². The van der Waals surface area contributed by atoms with E-state index in [-0.39, 0.29) is 5.04 Å². The van der Waals surface area contributed by atoms with Gasteiger partial charge in [0.15, 0.2) is 8.32 Å². The van der Waals surface area contributed by atoms with Crippen LogP contribution in [-0.2, 0) is 13.9 Å². The number of benzene rings is 1. The fourth-order valence-electron chi connectivity index (χ4n) is 1.76. The fourth-order valence-corrected chi connectivity index (χ4v) is 2.78. The van der Waals surface area contributed by atoms with Crippen LogP contribution in [0.15, 0.2) is 24.3 Å². The van der Waals surface area contributed by atoms with E-state index in [1.54, 1.807) is 24.3 Å². The Balaban J connectivity index is 1.97. The standard InChI is InChI=1S/C19H32O5Si/c1-19(2,3)25(4,5)24-15-13-22-11-10-21-12-14-23-18-8-6-17(16-20)7-9-18/h6-9,16H,10-15H2,1-5H3. The second-order valence-electron chi connectivity index (χ2n) is 7.37. The monoisotopic (exact) mass is 368 g/mol. The van der Waals surface area contributed by atoms with Crippen molar-refractivity contribution in [3.05, 3.63) is 29.8 Å². The zero-order chi connectivity index (χ0) is 18.8. The Kier molecular flexibility index (Phi) is 9.35. The lowest BCUT2D eigenvalue weighted by atomic mass is 10.2. The molecule has 0 aliphatic heterocycles. The van der Waals surface area contributed by atoms with Gasteiger partial charge in [-0.3, -0.25) is 4.79 Å². The van der Waals surface area contributed by atoms with Gasteiger partial charge in [0.2, 0.25) is 0 Å². The van der Waals surface area contributed by atoms with E-state index in [9.17, 15) is 4.79 Å². The maximum absolute atomic E-state index is 10.6. The third-order valence-electron chi connectivity index (χ3n) is 4.38. The number of carbonyl (C=O) groups excluding carboxylic acids is 1. The Hall–Kier alpha value is -1.21. The molecule has 0 spiro atoms. The summed E-state index contributed by atoms with van der Waals surface area (Å²) in [6, 6.07) is 7.00. The van der Waals surface area contributed by atoms with Crippen molar-refractivity contribution in [3.63, 3.8) is 0 Å². The molecule has 25 heavy (non-hydrogen) atoms. The minimum Gasteiger partial charge on any atom is -0.491 e. The average Bonchev–Trinajstić information content (AvgIpc) is 2.56. The lowest BCUT2D eigenvalue weighted by Gasteiger charge is -2.36. The molecule has 1 rings (SSSR count). The van der Waals surface area contributed by atoms with Gasteiger partial charge in [0.1, 0.15) is 18.6 Å². The molecule has 0 amide bonds. The molecule has 5 nitrogen and oxygen atoms in total. The quantitative estimate of drug-likeness (QED) is 0.318. The minimum atomic E-state index is -1.68. The molecule has 0 atom stereocenters. The van der Waals surface area contributed by atoms with Crippen LogP contribution >= 0.6 is 0 Å². The second kappa shape index (κ2) is 10.7. The Bertz CT molecular complexity index is 494. The van der Waals surface area contributed by atoms with E-state index in [1.807, 2.05) is 0 Å². The molecule has 1 aromatic rings. The Morgan fingerprint density at radius 1 is 0.880 bits per heavy atom. The van der Waals surface area contributed by atoms with Gasteiger partial charge >= 0.3 is 0 Å². The molecule has 0 bridgehead atoms. The number of hydrogen-bond donors (Lipinski definition) is 0. The third-order valence-corrected chi connectivity index (χ3v) is 8.92. The predicted molar refractivity (Wildman–Crippen MR) is 102 cm³/mol. The summed E-state index contributed by atoms with van der Waals surface area (Å²) in [5, 5.41) is 0.226. The molecule has 0 aliphatic carbocycles. The van der Waals surface area contributed by atoms with Crippen molar-refractivity contribution in [2.45, 2.75) is 38.9 Å². The lowest BCUT2D eigenvalue weighted by molar-refractivity contribution is 0.0260. The predicted octanol–water partition coefficient (Wildman–Crippen LogP) is 3.93. The molecule has 0 heterocycles. The van der Waals surface area contributed by atoms with Crippen LogP contribution in [0.2, 0.25) is 18.1 Å². The highest BCUT2D eigenvalue weighted by molar-refractivity contribution is 6.74. The highest BCUT2D eigenvalue weighted by Gasteiger charge is 2.36. The summed E-state index contributed by atoms with van der Waals surface area (Å²) in [4.78, 5) is 10.6. The van der Waals surface area contributed by atoms with Gasteiger partial charge in [0, 0.05) is 5.56 Å². The lowest BCUT2D eigenvalue weighted by Crippen LogP contribution is -2.41. The van der Waals surface area contributed by atoms with E-state index < -0.39 is 8.32 Å². The molecular weight excluding hydrogens is 336 g/mol. The van der Waals surface area contributed by atoms with Crippen molar-refractivity contribution in [2.24, 2.45) is 0 Å². The molecule has 142 valence electrons. The highest BCUT2D eigenvalue weighted by Crippen LogP contribution is 2.36. The molecular formula is C19H32O5Si. The first kappa shape index (κ1) is 21.8. The molecule has 1 aromatic carbocycles. The van der Waals surface area contributed by atoms with Crippen molar-refractivity contribution < 1.29 is 23.4 Å². The molecule has 0 aromatic heterocycles. The van der Waals surface area contributed by atoms with Gasteiger partial charge in [0.05, 0.1) is 33.0 Å². The molecule has 0 radical (unpaired) electrons. The van der Waals surface area contributed by atoms with E-state index in [4.69, 9.17) is 18.6 Å². The van der Waals surface area contributed by atoms with E-state index in [1.165, 1.54) is 0 Å². The van der Waals surface area contributed by atoms with E-state index in [2.05, 4.69) is 33.9 Å². The number of ether oxygens (including phenoxy) is 3. The van der Waals surface area contributed by atoms with Crippen LogP contribution in [-0.4, -0.2) is 54.2 Å². The molecule has 6 heteroatoms. The minimum absolute atomic E-state index is 0.226. The number of carbonyl (C=O) groups is 1. The zero-order valence-corrected chi connectivity index (χ0v) is 17.2. The summed E-state index contributed by atoms with van der Waals surface area (Å²) in [5.74, 6) is 0.730. The first-order valence-electron chi connectivity index (χ1n) is 8.74. The van der Waals surface area contributed by atoms with Crippen LogP contribution in [0.4, 0.5) is 0 Å². The molecule has 0 N–H and O–H groups in total. The first-order chi connectivity index (χ1) is 11.8. The van der Waals surface area contributed by atoms with Gasteiger partial charge < -0.3 is 18.6 Å². The van der Waals surface area contributed by atoms with Crippen LogP contribution in [0.1, 0.15) is 31.1 Å². The maximum Gasteiger partial charge on any atom is 0.192 e. The summed E-state index contributed by atoms with van der Waals surface area (Å²) in [5.41, 5.74) is 0.637. The third kappa shape index (κ3) is 8.63. The van der Waals surface area contributed by atoms with Gasteiger partial charge in [-0.15, -0.1) is 0 Å². The number of hydrogen-bond acceptors (Lipinski definition) is 5. The van der Waals surface area contributed by atoms with Gasteiger partial charge in [-0.05, 0) is 42.4 Å². The summed E-state index contributed by atoms with van der Waals surface area (Å²) >= 11 is 0. The summed E-state index contributed by atoms with van der Waals surface area (Å²) in [7, 11) is -1.68.